The van der Waals surface area contributed by atoms with Gasteiger partial charge in [-0.15, -0.1) is 0 Å². The summed E-state index contributed by atoms with van der Waals surface area (Å²) in [4.78, 5) is 3.56. The molecule has 0 aromatic carbocycles. The van der Waals surface area contributed by atoms with Gasteiger partial charge in [0.25, 0.3) is 0 Å². The molecule has 0 amide bonds. The molecular formula is C3H6MgN3+. The van der Waals surface area contributed by atoms with Crippen LogP contribution in [0, 0.1) is 7.43 Å². The quantitative estimate of drug-likeness (QED) is 0.372. The van der Waals surface area contributed by atoms with Crippen LogP contribution < -0.4 is 0 Å². The molecule has 34 valence electrons. The zero-order valence-electron chi connectivity index (χ0n) is 4.26. The second-order valence-corrected chi connectivity index (χ2v) is 0.652. The molecule has 0 spiro atoms. The summed E-state index contributed by atoms with van der Waals surface area (Å²) in [6.07, 6.45) is 2.96. The van der Waals surface area contributed by atoms with Crippen LogP contribution in [-0.2, 0) is 0 Å². The van der Waals surface area contributed by atoms with Gasteiger partial charge in [0.2, 0.25) is 0 Å². The SMILES string of the molecule is [CH3-].[Mg+2].c1nc[nH]n1. The van der Waals surface area contributed by atoms with Gasteiger partial charge in [0, 0.05) is 0 Å². The molecule has 1 N–H and O–H groups in total. The van der Waals surface area contributed by atoms with Crippen molar-refractivity contribution in [1.29, 1.82) is 0 Å². The summed E-state index contributed by atoms with van der Waals surface area (Å²) >= 11 is 0. The maximum absolute atomic E-state index is 3.56. The van der Waals surface area contributed by atoms with Gasteiger partial charge < -0.3 is 7.43 Å². The second-order valence-electron chi connectivity index (χ2n) is 0.652. The number of hydrogen-bond donors (Lipinski definition) is 1. The van der Waals surface area contributed by atoms with E-state index >= 15 is 0 Å². The Balaban J connectivity index is 0. The molecule has 1 heterocycles. The molecule has 0 aliphatic rings. The first-order chi connectivity index (χ1) is 2.50. The Morgan fingerprint density at radius 1 is 1.43 bits per heavy atom. The van der Waals surface area contributed by atoms with Crippen molar-refractivity contribution in [3.05, 3.63) is 20.1 Å². The van der Waals surface area contributed by atoms with E-state index in [-0.39, 0.29) is 30.5 Å². The van der Waals surface area contributed by atoms with E-state index in [2.05, 4.69) is 15.2 Å². The van der Waals surface area contributed by atoms with Gasteiger partial charge in [-0.05, 0) is 0 Å². The molecule has 0 unspecified atom stereocenters. The monoisotopic (exact) mass is 108 g/mol. The fraction of sp³-hybridized carbons (Fsp3) is 0. The van der Waals surface area contributed by atoms with E-state index in [4.69, 9.17) is 0 Å². The molecule has 3 nitrogen and oxygen atoms in total. The maximum Gasteiger partial charge on any atom is 2.00 e. The number of rotatable bonds is 0. The van der Waals surface area contributed by atoms with Crippen LogP contribution in [0.1, 0.15) is 0 Å². The predicted molar refractivity (Wildman–Crippen MR) is 28.6 cm³/mol. The van der Waals surface area contributed by atoms with Crippen LogP contribution in [0.2, 0.25) is 0 Å². The molecule has 0 saturated carbocycles. The molecule has 0 bridgehead atoms. The molecule has 0 saturated heterocycles. The summed E-state index contributed by atoms with van der Waals surface area (Å²) < 4.78 is 0. The Labute approximate surface area is 58.7 Å². The van der Waals surface area contributed by atoms with Gasteiger partial charge in [-0.2, -0.15) is 5.10 Å². The summed E-state index contributed by atoms with van der Waals surface area (Å²) in [7, 11) is 0. The molecule has 1 aromatic rings. The third-order valence-electron chi connectivity index (χ3n) is 0.331. The molecule has 4 heteroatoms. The number of nitrogens with zero attached hydrogens (tertiary/aromatic N) is 2. The minimum atomic E-state index is 0. The number of aromatic amines is 1. The first kappa shape index (κ1) is 10.0. The Morgan fingerprint density at radius 3 is 2.29 bits per heavy atom. The second kappa shape index (κ2) is 5.91. The minimum Gasteiger partial charge on any atom is -0.358 e. The molecule has 7 heavy (non-hydrogen) atoms. The smallest absolute Gasteiger partial charge is 0.358 e. The number of H-pyrrole nitrogens is 1. The van der Waals surface area contributed by atoms with Crippen molar-refractivity contribution in [1.82, 2.24) is 15.2 Å². The minimum absolute atomic E-state index is 0. The van der Waals surface area contributed by atoms with E-state index in [9.17, 15) is 0 Å². The summed E-state index contributed by atoms with van der Waals surface area (Å²) in [6.45, 7) is 0. The van der Waals surface area contributed by atoms with Crippen LogP contribution in [0.5, 0.6) is 0 Å². The van der Waals surface area contributed by atoms with Crippen molar-refractivity contribution >= 4 is 23.1 Å². The summed E-state index contributed by atoms with van der Waals surface area (Å²) in [6, 6.07) is 0. The number of aromatic nitrogens is 3. The van der Waals surface area contributed by atoms with Crippen molar-refractivity contribution in [2.24, 2.45) is 0 Å². The van der Waals surface area contributed by atoms with Gasteiger partial charge in [-0.1, -0.05) is 0 Å². The third kappa shape index (κ3) is 3.74. The van der Waals surface area contributed by atoms with Gasteiger partial charge in [0.05, 0.1) is 0 Å². The van der Waals surface area contributed by atoms with Gasteiger partial charge in [-0.25, -0.2) is 4.98 Å². The zero-order chi connectivity index (χ0) is 3.54. The van der Waals surface area contributed by atoms with E-state index in [1.54, 1.807) is 0 Å². The van der Waals surface area contributed by atoms with Crippen LogP contribution in [0.4, 0.5) is 0 Å². The zero-order valence-corrected chi connectivity index (χ0v) is 5.67. The Bertz CT molecular complexity index is 66.7. The topological polar surface area (TPSA) is 41.6 Å². The largest absolute Gasteiger partial charge is 2.00 e. The third-order valence-corrected chi connectivity index (χ3v) is 0.331. The normalized spacial score (nSPS) is 5.71. The van der Waals surface area contributed by atoms with Crippen molar-refractivity contribution < 1.29 is 0 Å². The van der Waals surface area contributed by atoms with Crippen molar-refractivity contribution in [3.8, 4) is 0 Å². The Hall–Kier alpha value is -0.0938. The molecular weight excluding hydrogens is 102 g/mol. The molecule has 0 aliphatic heterocycles. The summed E-state index contributed by atoms with van der Waals surface area (Å²) in [5.41, 5.74) is 0. The van der Waals surface area contributed by atoms with Crippen LogP contribution in [0.25, 0.3) is 0 Å². The average molecular weight is 108 g/mol. The van der Waals surface area contributed by atoms with Gasteiger partial charge in [0.1, 0.15) is 12.7 Å². The van der Waals surface area contributed by atoms with E-state index < -0.39 is 0 Å². The van der Waals surface area contributed by atoms with Crippen LogP contribution in [0.3, 0.4) is 0 Å². The maximum atomic E-state index is 3.56. The first-order valence-electron chi connectivity index (χ1n) is 1.29. The van der Waals surface area contributed by atoms with Gasteiger partial charge >= 0.3 is 23.1 Å². The van der Waals surface area contributed by atoms with Crippen LogP contribution in [0.15, 0.2) is 12.7 Å². The molecule has 0 fully saturated rings. The molecule has 0 atom stereocenters. The summed E-state index contributed by atoms with van der Waals surface area (Å²) in [5.74, 6) is 0. The van der Waals surface area contributed by atoms with E-state index in [1.807, 2.05) is 0 Å². The number of nitrogens with one attached hydrogen (secondary N) is 1. The Morgan fingerprint density at radius 2 is 2.14 bits per heavy atom. The van der Waals surface area contributed by atoms with Gasteiger partial charge in [-0.3, -0.25) is 5.10 Å². The van der Waals surface area contributed by atoms with Crippen molar-refractivity contribution in [3.63, 3.8) is 0 Å². The first-order valence-corrected chi connectivity index (χ1v) is 1.29. The van der Waals surface area contributed by atoms with E-state index in [0.29, 0.717) is 0 Å². The van der Waals surface area contributed by atoms with Crippen LogP contribution in [-0.4, -0.2) is 38.2 Å². The standard InChI is InChI=1S/C2H3N3.CH3.Mg/c1-3-2-5-4-1;;/h1-2H,(H,3,4,5);1H3;/q;-1;+2. The Kier molecular flexibility index (Phi) is 8.44. The van der Waals surface area contributed by atoms with Crippen LogP contribution >= 0.6 is 0 Å². The average Bonchev–Trinajstić information content (AvgIpc) is 1.76. The molecule has 0 radical (unpaired) electrons. The van der Waals surface area contributed by atoms with Gasteiger partial charge in [0.15, 0.2) is 0 Å². The molecule has 0 aliphatic carbocycles. The molecule has 1 rings (SSSR count). The summed E-state index contributed by atoms with van der Waals surface area (Å²) in [5, 5.41) is 5.99. The predicted octanol–water partition coefficient (Wildman–Crippen LogP) is -0.126. The van der Waals surface area contributed by atoms with Crippen molar-refractivity contribution in [2.75, 3.05) is 0 Å². The molecule has 1 aromatic heterocycles. The fourth-order valence-electron chi connectivity index (χ4n) is 0.167. The van der Waals surface area contributed by atoms with E-state index in [1.165, 1.54) is 12.7 Å². The van der Waals surface area contributed by atoms with E-state index in [0.717, 1.165) is 0 Å². The number of hydrogen-bond acceptors (Lipinski definition) is 2. The fourth-order valence-corrected chi connectivity index (χ4v) is 0.167. The van der Waals surface area contributed by atoms with Crippen molar-refractivity contribution in [2.45, 2.75) is 0 Å².